The largest absolute Gasteiger partial charge is 0.444 e. The number of thioether (sulfide) groups is 1. The summed E-state index contributed by atoms with van der Waals surface area (Å²) in [6, 6.07) is 0. The van der Waals surface area contributed by atoms with Crippen molar-refractivity contribution in [2.24, 2.45) is 0 Å². The number of ether oxygens (including phenoxy) is 1. The molecule has 0 saturated heterocycles. The van der Waals surface area contributed by atoms with Gasteiger partial charge >= 0.3 is 6.09 Å². The lowest BCUT2D eigenvalue weighted by molar-refractivity contribution is 0.0522. The molecule has 0 fully saturated rings. The number of nitrogens with one attached hydrogen (secondary N) is 1. The van der Waals surface area contributed by atoms with Gasteiger partial charge in [0.1, 0.15) is 5.60 Å². The standard InChI is InChI=1S/C9H15N5O2S/c1-9(2,3)16-8(15)10-5-6-11-13-7(17-4)14-12-6/h5H2,1-4H3,(H,10,15). The first-order chi connectivity index (χ1) is 7.90. The average Bonchev–Trinajstić information content (AvgIpc) is 2.25. The van der Waals surface area contributed by atoms with Gasteiger partial charge in [-0.2, -0.15) is 0 Å². The Morgan fingerprint density at radius 2 is 1.88 bits per heavy atom. The lowest BCUT2D eigenvalue weighted by atomic mass is 10.2. The normalized spacial score (nSPS) is 11.1. The fraction of sp³-hybridized carbons (Fsp3) is 0.667. The number of amides is 1. The van der Waals surface area contributed by atoms with E-state index in [1.807, 2.05) is 6.26 Å². The highest BCUT2D eigenvalue weighted by molar-refractivity contribution is 7.98. The zero-order valence-corrected chi connectivity index (χ0v) is 11.0. The van der Waals surface area contributed by atoms with Crippen molar-refractivity contribution in [1.82, 2.24) is 25.7 Å². The molecule has 1 aromatic rings. The van der Waals surface area contributed by atoms with Gasteiger partial charge < -0.3 is 10.1 Å². The molecule has 0 aliphatic heterocycles. The van der Waals surface area contributed by atoms with Crippen molar-refractivity contribution in [2.75, 3.05) is 6.26 Å². The Hall–Kier alpha value is -1.44. The van der Waals surface area contributed by atoms with E-state index in [1.54, 1.807) is 20.8 Å². The number of alkyl carbamates (subject to hydrolysis) is 1. The van der Waals surface area contributed by atoms with Gasteiger partial charge in [-0.1, -0.05) is 11.8 Å². The first kappa shape index (κ1) is 13.6. The molecule has 0 atom stereocenters. The Morgan fingerprint density at radius 1 is 1.29 bits per heavy atom. The van der Waals surface area contributed by atoms with Crippen LogP contribution in [0.25, 0.3) is 0 Å². The van der Waals surface area contributed by atoms with Crippen molar-refractivity contribution in [1.29, 1.82) is 0 Å². The summed E-state index contributed by atoms with van der Waals surface area (Å²) in [5.41, 5.74) is -0.524. The maximum atomic E-state index is 11.3. The molecule has 0 unspecified atom stereocenters. The monoisotopic (exact) mass is 257 g/mol. The number of hydrogen-bond donors (Lipinski definition) is 1. The predicted molar refractivity (Wildman–Crippen MR) is 62.5 cm³/mol. The maximum Gasteiger partial charge on any atom is 0.408 e. The van der Waals surface area contributed by atoms with E-state index in [0.717, 1.165) is 0 Å². The van der Waals surface area contributed by atoms with E-state index >= 15 is 0 Å². The number of nitrogens with zero attached hydrogens (tertiary/aromatic N) is 4. The summed E-state index contributed by atoms with van der Waals surface area (Å²) in [5, 5.41) is 18.2. The van der Waals surface area contributed by atoms with Gasteiger partial charge in [-0.05, 0) is 27.0 Å². The number of rotatable bonds is 3. The molecular weight excluding hydrogens is 242 g/mol. The van der Waals surface area contributed by atoms with Crippen LogP contribution in [0.3, 0.4) is 0 Å². The molecule has 1 rings (SSSR count). The van der Waals surface area contributed by atoms with Crippen molar-refractivity contribution in [3.05, 3.63) is 5.82 Å². The van der Waals surface area contributed by atoms with Crippen molar-refractivity contribution < 1.29 is 9.53 Å². The number of carbonyl (C=O) groups excluding carboxylic acids is 1. The zero-order valence-electron chi connectivity index (χ0n) is 10.2. The molecule has 0 aliphatic carbocycles. The Labute approximate surface area is 104 Å². The molecule has 0 bridgehead atoms. The second-order valence-corrected chi connectivity index (χ2v) is 4.93. The third-order valence-corrected chi connectivity index (χ3v) is 2.00. The summed E-state index contributed by atoms with van der Waals surface area (Å²) in [6.45, 7) is 5.52. The van der Waals surface area contributed by atoms with Gasteiger partial charge in [0.25, 0.3) is 0 Å². The molecule has 1 N–H and O–H groups in total. The second kappa shape index (κ2) is 5.76. The Bertz CT molecular complexity index is 376. The van der Waals surface area contributed by atoms with Gasteiger partial charge in [0.05, 0.1) is 6.54 Å². The Balaban J connectivity index is 2.42. The van der Waals surface area contributed by atoms with Gasteiger partial charge in [0.2, 0.25) is 5.16 Å². The molecule has 17 heavy (non-hydrogen) atoms. The highest BCUT2D eigenvalue weighted by Crippen LogP contribution is 2.06. The fourth-order valence-electron chi connectivity index (χ4n) is 0.859. The average molecular weight is 257 g/mol. The Kier molecular flexibility index (Phi) is 4.62. The van der Waals surface area contributed by atoms with Crippen molar-refractivity contribution in [3.63, 3.8) is 0 Å². The van der Waals surface area contributed by atoms with Crippen LogP contribution in [0.5, 0.6) is 0 Å². The molecule has 8 heteroatoms. The fourth-order valence-corrected chi connectivity index (χ4v) is 1.10. The minimum absolute atomic E-state index is 0.142. The minimum atomic E-state index is -0.524. The van der Waals surface area contributed by atoms with Crippen LogP contribution in [0.15, 0.2) is 5.16 Å². The molecule has 0 saturated carbocycles. The topological polar surface area (TPSA) is 89.9 Å². The molecule has 0 radical (unpaired) electrons. The van der Waals surface area contributed by atoms with Crippen LogP contribution in [0.1, 0.15) is 26.6 Å². The molecule has 1 heterocycles. The maximum absolute atomic E-state index is 11.3. The van der Waals surface area contributed by atoms with Crippen LogP contribution in [-0.2, 0) is 11.3 Å². The molecule has 1 amide bonds. The third-order valence-electron chi connectivity index (χ3n) is 1.47. The highest BCUT2D eigenvalue weighted by Gasteiger charge is 2.16. The van der Waals surface area contributed by atoms with Crippen LogP contribution < -0.4 is 5.32 Å². The molecule has 1 aromatic heterocycles. The SMILES string of the molecule is CSc1nnc(CNC(=O)OC(C)(C)C)nn1. The molecule has 0 aromatic carbocycles. The van der Waals surface area contributed by atoms with E-state index in [-0.39, 0.29) is 6.54 Å². The van der Waals surface area contributed by atoms with E-state index in [0.29, 0.717) is 11.0 Å². The van der Waals surface area contributed by atoms with E-state index < -0.39 is 11.7 Å². The van der Waals surface area contributed by atoms with Crippen LogP contribution >= 0.6 is 11.8 Å². The highest BCUT2D eigenvalue weighted by atomic mass is 32.2. The van der Waals surface area contributed by atoms with E-state index in [1.165, 1.54) is 11.8 Å². The molecule has 7 nitrogen and oxygen atoms in total. The van der Waals surface area contributed by atoms with E-state index in [2.05, 4.69) is 25.7 Å². The first-order valence-electron chi connectivity index (χ1n) is 4.98. The Morgan fingerprint density at radius 3 is 2.35 bits per heavy atom. The van der Waals surface area contributed by atoms with E-state index in [4.69, 9.17) is 4.74 Å². The summed E-state index contributed by atoms with van der Waals surface area (Å²) in [5.74, 6) is 0.341. The predicted octanol–water partition coefficient (Wildman–Crippen LogP) is 1.01. The molecule has 94 valence electrons. The molecule has 0 aliphatic rings. The van der Waals surface area contributed by atoms with Gasteiger partial charge in [0, 0.05) is 0 Å². The lowest BCUT2D eigenvalue weighted by Crippen LogP contribution is -2.32. The van der Waals surface area contributed by atoms with Gasteiger partial charge in [-0.25, -0.2) is 4.79 Å². The summed E-state index contributed by atoms with van der Waals surface area (Å²) >= 11 is 1.35. The third kappa shape index (κ3) is 5.43. The van der Waals surface area contributed by atoms with Crippen LogP contribution in [0, 0.1) is 0 Å². The summed E-state index contributed by atoms with van der Waals surface area (Å²) in [6.07, 6.45) is 1.31. The first-order valence-corrected chi connectivity index (χ1v) is 6.20. The smallest absolute Gasteiger partial charge is 0.408 e. The zero-order chi connectivity index (χ0) is 12.9. The van der Waals surface area contributed by atoms with E-state index in [9.17, 15) is 4.79 Å². The minimum Gasteiger partial charge on any atom is -0.444 e. The van der Waals surface area contributed by atoms with Crippen LogP contribution in [0.4, 0.5) is 4.79 Å². The molecular formula is C9H15N5O2S. The summed E-state index contributed by atoms with van der Waals surface area (Å²) < 4.78 is 5.05. The number of aromatic nitrogens is 4. The second-order valence-electron chi connectivity index (χ2n) is 4.16. The quantitative estimate of drug-likeness (QED) is 0.808. The van der Waals surface area contributed by atoms with Crippen LogP contribution in [0.2, 0.25) is 0 Å². The number of carbonyl (C=O) groups is 1. The van der Waals surface area contributed by atoms with Gasteiger partial charge in [0.15, 0.2) is 5.82 Å². The van der Waals surface area contributed by atoms with Gasteiger partial charge in [-0.15, -0.1) is 20.4 Å². The summed E-state index contributed by atoms with van der Waals surface area (Å²) in [7, 11) is 0. The number of hydrogen-bond acceptors (Lipinski definition) is 7. The van der Waals surface area contributed by atoms with Crippen LogP contribution in [-0.4, -0.2) is 38.3 Å². The molecule has 0 spiro atoms. The van der Waals surface area contributed by atoms with Crippen molar-refractivity contribution >= 4 is 17.9 Å². The van der Waals surface area contributed by atoms with Crippen molar-refractivity contribution in [3.8, 4) is 0 Å². The summed E-state index contributed by atoms with van der Waals surface area (Å²) in [4.78, 5) is 11.3. The van der Waals surface area contributed by atoms with Crippen molar-refractivity contribution in [2.45, 2.75) is 38.1 Å². The van der Waals surface area contributed by atoms with Gasteiger partial charge in [-0.3, -0.25) is 0 Å². The lowest BCUT2D eigenvalue weighted by Gasteiger charge is -2.19.